The maximum absolute atomic E-state index is 12.7. The molecule has 0 aromatic heterocycles. The predicted octanol–water partition coefficient (Wildman–Crippen LogP) is 2.67. The van der Waals surface area contributed by atoms with Crippen molar-refractivity contribution in [3.8, 4) is 0 Å². The highest BCUT2D eigenvalue weighted by Gasteiger charge is 2.38. The Bertz CT molecular complexity index is 638. The van der Waals surface area contributed by atoms with Gasteiger partial charge in [-0.1, -0.05) is 39.0 Å². The summed E-state index contributed by atoms with van der Waals surface area (Å²) >= 11 is 0. The smallest absolute Gasteiger partial charge is 0.242 e. The molecule has 1 aromatic rings. The Morgan fingerprint density at radius 1 is 1.12 bits per heavy atom. The van der Waals surface area contributed by atoms with E-state index in [0.29, 0.717) is 19.0 Å². The summed E-state index contributed by atoms with van der Waals surface area (Å²) in [5.41, 5.74) is 0.809. The van der Waals surface area contributed by atoms with Gasteiger partial charge in [0.05, 0.1) is 0 Å². The number of nitrogens with zero attached hydrogens (tertiary/aromatic N) is 2. The fraction of sp³-hybridized carbons (Fsp3) is 0.619. The number of amides is 2. The number of nitrogens with one attached hydrogen (secondary N) is 1. The van der Waals surface area contributed by atoms with Gasteiger partial charge in [-0.05, 0) is 37.3 Å². The van der Waals surface area contributed by atoms with Gasteiger partial charge >= 0.3 is 0 Å². The van der Waals surface area contributed by atoms with Crippen molar-refractivity contribution in [3.63, 3.8) is 0 Å². The zero-order valence-electron chi connectivity index (χ0n) is 16.2. The van der Waals surface area contributed by atoms with Crippen LogP contribution in [0.4, 0.5) is 5.69 Å². The molecule has 0 aliphatic carbocycles. The second-order valence-electron chi connectivity index (χ2n) is 8.59. The quantitative estimate of drug-likeness (QED) is 0.901. The van der Waals surface area contributed by atoms with Gasteiger partial charge < -0.3 is 15.1 Å². The molecule has 3 rings (SSSR count). The first kappa shape index (κ1) is 18.7. The van der Waals surface area contributed by atoms with Gasteiger partial charge in [-0.15, -0.1) is 0 Å². The molecule has 5 heteroatoms. The summed E-state index contributed by atoms with van der Waals surface area (Å²) in [6.07, 6.45) is 2.77. The molecule has 2 fully saturated rings. The van der Waals surface area contributed by atoms with Crippen molar-refractivity contribution in [1.29, 1.82) is 0 Å². The molecule has 1 N–H and O–H groups in total. The highest BCUT2D eigenvalue weighted by molar-refractivity contribution is 5.90. The minimum Gasteiger partial charge on any atom is -0.371 e. The molecular weight excluding hydrogens is 326 g/mol. The van der Waals surface area contributed by atoms with Gasteiger partial charge in [-0.2, -0.15) is 0 Å². The van der Waals surface area contributed by atoms with E-state index < -0.39 is 5.41 Å². The number of carbonyl (C=O) groups excluding carboxylic acids is 2. The van der Waals surface area contributed by atoms with Crippen LogP contribution >= 0.6 is 0 Å². The molecule has 2 aliphatic rings. The van der Waals surface area contributed by atoms with Crippen LogP contribution in [0.1, 0.15) is 40.0 Å². The van der Waals surface area contributed by atoms with Crippen molar-refractivity contribution < 1.29 is 9.59 Å². The van der Waals surface area contributed by atoms with Crippen molar-refractivity contribution in [2.45, 2.75) is 46.1 Å². The minimum atomic E-state index is -0.440. The van der Waals surface area contributed by atoms with Crippen LogP contribution in [0.25, 0.3) is 0 Å². The lowest BCUT2D eigenvalue weighted by atomic mass is 9.94. The highest BCUT2D eigenvalue weighted by Crippen LogP contribution is 2.26. The van der Waals surface area contributed by atoms with Gasteiger partial charge in [0.1, 0.15) is 6.04 Å². The average Bonchev–Trinajstić information content (AvgIpc) is 3.28. The lowest BCUT2D eigenvalue weighted by molar-refractivity contribution is -0.144. The maximum Gasteiger partial charge on any atom is 0.242 e. The first-order chi connectivity index (χ1) is 12.4. The summed E-state index contributed by atoms with van der Waals surface area (Å²) < 4.78 is 0. The number of rotatable bonds is 4. The molecule has 5 nitrogen and oxygen atoms in total. The van der Waals surface area contributed by atoms with E-state index in [4.69, 9.17) is 0 Å². The van der Waals surface area contributed by atoms with Crippen LogP contribution < -0.4 is 10.2 Å². The molecular formula is C21H31N3O2. The molecule has 26 heavy (non-hydrogen) atoms. The molecule has 2 saturated heterocycles. The Morgan fingerprint density at radius 2 is 1.85 bits per heavy atom. The fourth-order valence-electron chi connectivity index (χ4n) is 3.95. The molecule has 2 heterocycles. The summed E-state index contributed by atoms with van der Waals surface area (Å²) in [5.74, 6) is 0.553. The first-order valence-electron chi connectivity index (χ1n) is 9.75. The molecule has 0 saturated carbocycles. The van der Waals surface area contributed by atoms with Gasteiger partial charge in [0.25, 0.3) is 0 Å². The zero-order valence-corrected chi connectivity index (χ0v) is 16.2. The van der Waals surface area contributed by atoms with Crippen molar-refractivity contribution in [3.05, 3.63) is 30.3 Å². The number of hydrogen-bond donors (Lipinski definition) is 1. The van der Waals surface area contributed by atoms with Crippen molar-refractivity contribution >= 4 is 17.5 Å². The topological polar surface area (TPSA) is 52.7 Å². The third-order valence-electron chi connectivity index (χ3n) is 5.43. The molecule has 2 unspecified atom stereocenters. The molecule has 2 amide bonds. The Morgan fingerprint density at radius 3 is 2.54 bits per heavy atom. The largest absolute Gasteiger partial charge is 0.371 e. The van der Waals surface area contributed by atoms with Gasteiger partial charge in [-0.25, -0.2) is 0 Å². The lowest BCUT2D eigenvalue weighted by Crippen LogP contribution is -2.50. The third kappa shape index (κ3) is 4.19. The molecule has 2 atom stereocenters. The SMILES string of the molecule is CC(C)(C)C(=O)N1CCCC1C(=O)NCC1CCN(c2ccccc2)C1. The fourth-order valence-corrected chi connectivity index (χ4v) is 3.95. The lowest BCUT2D eigenvalue weighted by Gasteiger charge is -2.30. The molecule has 142 valence electrons. The van der Waals surface area contributed by atoms with E-state index in [-0.39, 0.29) is 17.9 Å². The van der Waals surface area contributed by atoms with Gasteiger partial charge in [0.15, 0.2) is 0 Å². The van der Waals surface area contributed by atoms with E-state index in [1.54, 1.807) is 4.90 Å². The highest BCUT2D eigenvalue weighted by atomic mass is 16.2. The number of likely N-dealkylation sites (tertiary alicyclic amines) is 1. The number of hydrogen-bond acceptors (Lipinski definition) is 3. The Kier molecular flexibility index (Phi) is 5.54. The first-order valence-corrected chi connectivity index (χ1v) is 9.75. The maximum atomic E-state index is 12.7. The standard InChI is InChI=1S/C21H31N3O2/c1-21(2,3)20(26)24-12-7-10-18(24)19(25)22-14-16-11-13-23(15-16)17-8-5-4-6-9-17/h4-6,8-9,16,18H,7,10-15H2,1-3H3,(H,22,25). The van der Waals surface area contributed by atoms with E-state index >= 15 is 0 Å². The third-order valence-corrected chi connectivity index (χ3v) is 5.43. The Hall–Kier alpha value is -2.04. The van der Waals surface area contributed by atoms with Gasteiger partial charge in [-0.3, -0.25) is 9.59 Å². The van der Waals surface area contributed by atoms with Crippen LogP contribution in [0.2, 0.25) is 0 Å². The number of para-hydroxylation sites is 1. The average molecular weight is 357 g/mol. The van der Waals surface area contributed by atoms with E-state index in [2.05, 4.69) is 34.5 Å². The van der Waals surface area contributed by atoms with Crippen molar-refractivity contribution in [1.82, 2.24) is 10.2 Å². The van der Waals surface area contributed by atoms with E-state index in [0.717, 1.165) is 32.4 Å². The number of benzene rings is 1. The van der Waals surface area contributed by atoms with Gasteiger partial charge in [0.2, 0.25) is 11.8 Å². The molecule has 0 radical (unpaired) electrons. The second kappa shape index (κ2) is 7.68. The summed E-state index contributed by atoms with van der Waals surface area (Å²) in [7, 11) is 0. The summed E-state index contributed by atoms with van der Waals surface area (Å²) in [4.78, 5) is 29.4. The zero-order chi connectivity index (χ0) is 18.7. The van der Waals surface area contributed by atoms with Crippen LogP contribution in [0.3, 0.4) is 0 Å². The van der Waals surface area contributed by atoms with Crippen LogP contribution in [-0.2, 0) is 9.59 Å². The molecule has 1 aromatic carbocycles. The normalized spacial score (nSPS) is 23.3. The van der Waals surface area contributed by atoms with E-state index in [9.17, 15) is 9.59 Å². The second-order valence-corrected chi connectivity index (χ2v) is 8.59. The summed E-state index contributed by atoms with van der Waals surface area (Å²) in [6.45, 7) is 9.13. The van der Waals surface area contributed by atoms with Crippen LogP contribution in [0.15, 0.2) is 30.3 Å². The predicted molar refractivity (Wildman–Crippen MR) is 104 cm³/mol. The number of anilines is 1. The van der Waals surface area contributed by atoms with Crippen LogP contribution in [-0.4, -0.2) is 48.9 Å². The molecule has 0 spiro atoms. The summed E-state index contributed by atoms with van der Waals surface area (Å²) in [6, 6.07) is 10.1. The van der Waals surface area contributed by atoms with Crippen LogP contribution in [0.5, 0.6) is 0 Å². The van der Waals surface area contributed by atoms with E-state index in [1.165, 1.54) is 5.69 Å². The van der Waals surface area contributed by atoms with Crippen molar-refractivity contribution in [2.75, 3.05) is 31.1 Å². The summed E-state index contributed by atoms with van der Waals surface area (Å²) in [5, 5.41) is 3.12. The molecule has 2 aliphatic heterocycles. The monoisotopic (exact) mass is 357 g/mol. The Balaban J connectivity index is 1.50. The molecule has 0 bridgehead atoms. The van der Waals surface area contributed by atoms with E-state index in [1.807, 2.05) is 26.8 Å². The minimum absolute atomic E-state index is 0.0123. The van der Waals surface area contributed by atoms with Crippen molar-refractivity contribution in [2.24, 2.45) is 11.3 Å². The Labute approximate surface area is 156 Å². The number of carbonyl (C=O) groups is 2. The van der Waals surface area contributed by atoms with Gasteiger partial charge in [0, 0.05) is 37.3 Å². The van der Waals surface area contributed by atoms with Crippen LogP contribution in [0, 0.1) is 11.3 Å².